The van der Waals surface area contributed by atoms with Crippen LogP contribution in [0.25, 0.3) is 5.57 Å². The molecule has 19 heavy (non-hydrogen) atoms. The third kappa shape index (κ3) is 6.29. The zero-order chi connectivity index (χ0) is 14.3. The lowest BCUT2D eigenvalue weighted by molar-refractivity contribution is -0.116. The van der Waals surface area contributed by atoms with Gasteiger partial charge < -0.3 is 5.32 Å². The Balaban J connectivity index is 2.49. The number of hydrogen-bond donors (Lipinski definition) is 1. The van der Waals surface area contributed by atoms with Gasteiger partial charge in [0.25, 0.3) is 0 Å². The van der Waals surface area contributed by atoms with E-state index in [4.69, 9.17) is 0 Å². The lowest BCUT2D eigenvalue weighted by Gasteiger charge is -2.04. The Kier molecular flexibility index (Phi) is 6.42. The van der Waals surface area contributed by atoms with E-state index in [0.29, 0.717) is 29.9 Å². The van der Waals surface area contributed by atoms with Crippen LogP contribution in [0.3, 0.4) is 0 Å². The van der Waals surface area contributed by atoms with Crippen molar-refractivity contribution < 1.29 is 13.4 Å². The molecule has 0 saturated heterocycles. The standard InChI is InChI=1S/C14H18FNO2S/c1-11(12-5-3-6-13(15)10-12)9-14(17)16-7-4-8-19(2)18/h3,5-6,9-10H,4,7-8H2,1-2H3,(H,16,17)/b11-9+/t19-/m1/s1. The Labute approximate surface area is 115 Å². The number of benzene rings is 1. The highest BCUT2D eigenvalue weighted by atomic mass is 32.2. The van der Waals surface area contributed by atoms with Gasteiger partial charge in [0.2, 0.25) is 5.91 Å². The summed E-state index contributed by atoms with van der Waals surface area (Å²) in [7, 11) is -0.832. The van der Waals surface area contributed by atoms with Crippen molar-refractivity contribution >= 4 is 22.3 Å². The third-order valence-electron chi connectivity index (χ3n) is 2.54. The molecular weight excluding hydrogens is 265 g/mol. The van der Waals surface area contributed by atoms with Crippen LogP contribution in [0.15, 0.2) is 30.3 Å². The molecule has 1 N–H and O–H groups in total. The summed E-state index contributed by atoms with van der Waals surface area (Å²) < 4.78 is 23.9. The summed E-state index contributed by atoms with van der Waals surface area (Å²) in [6.07, 6.45) is 3.76. The van der Waals surface area contributed by atoms with Crippen molar-refractivity contribution in [3.8, 4) is 0 Å². The maximum atomic E-state index is 13.0. The summed E-state index contributed by atoms with van der Waals surface area (Å²) in [5.74, 6) is 0.0343. The summed E-state index contributed by atoms with van der Waals surface area (Å²) >= 11 is 0. The second-order valence-electron chi connectivity index (χ2n) is 4.26. The van der Waals surface area contributed by atoms with Gasteiger partial charge in [-0.3, -0.25) is 9.00 Å². The van der Waals surface area contributed by atoms with Crippen molar-refractivity contribution in [1.82, 2.24) is 5.32 Å². The third-order valence-corrected chi connectivity index (χ3v) is 3.40. The van der Waals surface area contributed by atoms with Gasteiger partial charge in [0.05, 0.1) is 0 Å². The van der Waals surface area contributed by atoms with Crippen molar-refractivity contribution in [3.63, 3.8) is 0 Å². The van der Waals surface area contributed by atoms with Gasteiger partial charge in [0.1, 0.15) is 5.82 Å². The Morgan fingerprint density at radius 2 is 2.21 bits per heavy atom. The van der Waals surface area contributed by atoms with E-state index >= 15 is 0 Å². The molecule has 1 rings (SSSR count). The number of carbonyl (C=O) groups excluding carboxylic acids is 1. The Hall–Kier alpha value is -1.49. The number of hydrogen-bond acceptors (Lipinski definition) is 2. The van der Waals surface area contributed by atoms with Crippen LogP contribution in [-0.2, 0) is 15.6 Å². The fourth-order valence-electron chi connectivity index (χ4n) is 1.55. The van der Waals surface area contributed by atoms with Crippen LogP contribution in [-0.4, -0.2) is 28.7 Å². The van der Waals surface area contributed by atoms with Crippen molar-refractivity contribution in [1.29, 1.82) is 0 Å². The molecule has 1 amide bonds. The fraction of sp³-hybridized carbons (Fsp3) is 0.357. The predicted molar refractivity (Wildman–Crippen MR) is 76.6 cm³/mol. The van der Waals surface area contributed by atoms with Gasteiger partial charge >= 0.3 is 0 Å². The van der Waals surface area contributed by atoms with Gasteiger partial charge in [0, 0.05) is 35.4 Å². The first-order chi connectivity index (χ1) is 8.99. The molecule has 0 spiro atoms. The number of rotatable bonds is 6. The summed E-state index contributed by atoms with van der Waals surface area (Å²) in [4.78, 5) is 11.6. The van der Waals surface area contributed by atoms with Crippen LogP contribution in [0.1, 0.15) is 18.9 Å². The molecule has 1 aromatic carbocycles. The quantitative estimate of drug-likeness (QED) is 0.642. The molecule has 3 nitrogen and oxygen atoms in total. The second kappa shape index (κ2) is 7.84. The molecule has 0 aliphatic rings. The minimum atomic E-state index is -0.832. The summed E-state index contributed by atoms with van der Waals surface area (Å²) in [5, 5.41) is 2.71. The van der Waals surface area contributed by atoms with Gasteiger partial charge in [-0.15, -0.1) is 0 Å². The lowest BCUT2D eigenvalue weighted by atomic mass is 10.1. The van der Waals surface area contributed by atoms with Crippen LogP contribution in [0.2, 0.25) is 0 Å². The SMILES string of the molecule is C/C(=C\C(=O)NCCC[S@@](C)=O)c1cccc(F)c1. The average Bonchev–Trinajstić information content (AvgIpc) is 2.34. The van der Waals surface area contributed by atoms with E-state index in [1.165, 1.54) is 18.2 Å². The Morgan fingerprint density at radius 1 is 1.47 bits per heavy atom. The van der Waals surface area contributed by atoms with Crippen molar-refractivity contribution in [2.75, 3.05) is 18.6 Å². The highest BCUT2D eigenvalue weighted by Crippen LogP contribution is 2.14. The first-order valence-corrected chi connectivity index (χ1v) is 7.74. The van der Waals surface area contributed by atoms with Gasteiger partial charge in [-0.25, -0.2) is 4.39 Å². The highest BCUT2D eigenvalue weighted by Gasteiger charge is 2.01. The monoisotopic (exact) mass is 283 g/mol. The minimum absolute atomic E-state index is 0.219. The zero-order valence-corrected chi connectivity index (χ0v) is 11.9. The molecule has 0 unspecified atom stereocenters. The summed E-state index contributed by atoms with van der Waals surface area (Å²) in [6, 6.07) is 6.11. The molecular formula is C14H18FNO2S. The zero-order valence-electron chi connectivity index (χ0n) is 11.1. The smallest absolute Gasteiger partial charge is 0.244 e. The van der Waals surface area contributed by atoms with Crippen LogP contribution in [0, 0.1) is 5.82 Å². The second-order valence-corrected chi connectivity index (χ2v) is 5.81. The van der Waals surface area contributed by atoms with Crippen LogP contribution in [0.5, 0.6) is 0 Å². The highest BCUT2D eigenvalue weighted by molar-refractivity contribution is 7.84. The van der Waals surface area contributed by atoms with E-state index in [1.54, 1.807) is 25.3 Å². The molecule has 0 radical (unpaired) electrons. The molecule has 0 heterocycles. The Bertz CT molecular complexity index is 500. The number of allylic oxidation sites excluding steroid dienone is 1. The van der Waals surface area contributed by atoms with E-state index in [-0.39, 0.29) is 11.7 Å². The van der Waals surface area contributed by atoms with E-state index in [2.05, 4.69) is 5.32 Å². The maximum Gasteiger partial charge on any atom is 0.244 e. The number of nitrogens with one attached hydrogen (secondary N) is 1. The largest absolute Gasteiger partial charge is 0.353 e. The summed E-state index contributed by atoms with van der Waals surface area (Å²) in [5.41, 5.74) is 1.39. The number of carbonyl (C=O) groups is 1. The van der Waals surface area contributed by atoms with Gasteiger partial charge in [0.15, 0.2) is 0 Å². The molecule has 1 aromatic rings. The average molecular weight is 283 g/mol. The predicted octanol–water partition coefficient (Wildman–Crippen LogP) is 2.11. The fourth-order valence-corrected chi connectivity index (χ4v) is 2.10. The normalized spacial score (nSPS) is 13.1. The van der Waals surface area contributed by atoms with Crippen molar-refractivity contribution in [2.45, 2.75) is 13.3 Å². The van der Waals surface area contributed by atoms with E-state index in [0.717, 1.165) is 0 Å². The van der Waals surface area contributed by atoms with E-state index < -0.39 is 10.8 Å². The Morgan fingerprint density at radius 3 is 2.84 bits per heavy atom. The first-order valence-electron chi connectivity index (χ1n) is 6.01. The minimum Gasteiger partial charge on any atom is -0.353 e. The molecule has 0 saturated carbocycles. The number of halogens is 1. The van der Waals surface area contributed by atoms with Crippen molar-refractivity contribution in [3.05, 3.63) is 41.7 Å². The lowest BCUT2D eigenvalue weighted by Crippen LogP contribution is -2.23. The van der Waals surface area contributed by atoms with Crippen LogP contribution < -0.4 is 5.32 Å². The van der Waals surface area contributed by atoms with Gasteiger partial charge in [-0.05, 0) is 36.6 Å². The molecule has 5 heteroatoms. The molecule has 1 atom stereocenters. The topological polar surface area (TPSA) is 46.2 Å². The molecule has 0 fully saturated rings. The van der Waals surface area contributed by atoms with Crippen LogP contribution in [0.4, 0.5) is 4.39 Å². The molecule has 0 aliphatic heterocycles. The first kappa shape index (κ1) is 15.6. The summed E-state index contributed by atoms with van der Waals surface area (Å²) in [6.45, 7) is 2.25. The number of amides is 1. The molecule has 0 aromatic heterocycles. The molecule has 104 valence electrons. The van der Waals surface area contributed by atoms with Crippen molar-refractivity contribution in [2.24, 2.45) is 0 Å². The molecule has 0 aliphatic carbocycles. The maximum absolute atomic E-state index is 13.0. The van der Waals surface area contributed by atoms with E-state index in [1.807, 2.05) is 0 Å². The van der Waals surface area contributed by atoms with Gasteiger partial charge in [-0.2, -0.15) is 0 Å². The van der Waals surface area contributed by atoms with Gasteiger partial charge in [-0.1, -0.05) is 12.1 Å². The van der Waals surface area contributed by atoms with Crippen LogP contribution >= 0.6 is 0 Å². The van der Waals surface area contributed by atoms with E-state index in [9.17, 15) is 13.4 Å². The molecule has 0 bridgehead atoms.